The second kappa shape index (κ2) is 8.40. The predicted molar refractivity (Wildman–Crippen MR) is 104 cm³/mol. The number of nitrogens with zero attached hydrogens (tertiary/aromatic N) is 4. The van der Waals surface area contributed by atoms with E-state index in [0.29, 0.717) is 6.07 Å². The molecular weight excluding hydrogens is 472 g/mol. The Bertz CT molecular complexity index is 1080. The molecule has 2 aromatic heterocycles. The number of carbonyl (C=O) groups is 1. The maximum Gasteiger partial charge on any atom is 0.426 e. The van der Waals surface area contributed by atoms with E-state index in [-0.39, 0.29) is 38.3 Å². The molecule has 0 saturated heterocycles. The number of aromatic nitrogens is 3. The van der Waals surface area contributed by atoms with Gasteiger partial charge in [-0.05, 0) is 44.1 Å². The van der Waals surface area contributed by atoms with Crippen molar-refractivity contribution in [1.29, 1.82) is 0 Å². The van der Waals surface area contributed by atoms with Crippen LogP contribution >= 0.6 is 0 Å². The van der Waals surface area contributed by atoms with Crippen LogP contribution in [0.2, 0.25) is 0 Å². The quantitative estimate of drug-likeness (QED) is 0.609. The molecule has 8 nitrogen and oxygen atoms in total. The molecule has 0 radical (unpaired) electrons. The molecule has 4 bridgehead atoms. The first-order valence-electron chi connectivity index (χ1n) is 10.6. The van der Waals surface area contributed by atoms with Crippen molar-refractivity contribution < 1.29 is 40.7 Å². The Labute approximate surface area is 189 Å². The molecular formula is C20H21F6N5O3. The minimum Gasteiger partial charge on any atom is -0.416 e. The number of fused-ring (bicyclic) bond motifs is 5. The summed E-state index contributed by atoms with van der Waals surface area (Å²) in [6.45, 7) is 0.228. The average Bonchev–Trinajstić information content (AvgIpc) is 3.42. The average molecular weight is 493 g/mol. The second-order valence-corrected chi connectivity index (χ2v) is 8.60. The Hall–Kier alpha value is -2.90. The van der Waals surface area contributed by atoms with Crippen LogP contribution in [0, 0.1) is 5.92 Å². The Morgan fingerprint density at radius 3 is 2.44 bits per heavy atom. The van der Waals surface area contributed by atoms with Gasteiger partial charge >= 0.3 is 12.4 Å². The molecule has 3 heterocycles. The van der Waals surface area contributed by atoms with Crippen LogP contribution in [0.25, 0.3) is 11.6 Å². The van der Waals surface area contributed by atoms with Crippen molar-refractivity contribution in [2.45, 2.75) is 56.5 Å². The normalized spacial score (nSPS) is 22.6. The molecule has 2 aromatic rings. The third-order valence-electron chi connectivity index (χ3n) is 5.94. The molecule has 1 atom stereocenters. The fourth-order valence-corrected chi connectivity index (χ4v) is 3.83. The third-order valence-corrected chi connectivity index (χ3v) is 5.94. The lowest BCUT2D eigenvalue weighted by Gasteiger charge is -2.27. The molecule has 1 fully saturated rings. The van der Waals surface area contributed by atoms with Crippen LogP contribution in [0.3, 0.4) is 0 Å². The molecule has 3 N–H and O–H groups in total. The Morgan fingerprint density at radius 1 is 1.12 bits per heavy atom. The SMILES string of the molecule is Nc1cc(C(F)(F)F)c2nc1-c1nnc(o1)[C@@](O)(C(F)(F)F)CCCCCN(CC1CC1)C2=O. The van der Waals surface area contributed by atoms with Crippen molar-refractivity contribution in [3.63, 3.8) is 0 Å². The lowest BCUT2D eigenvalue weighted by Crippen LogP contribution is -2.42. The van der Waals surface area contributed by atoms with Gasteiger partial charge in [0.15, 0.2) is 5.69 Å². The molecule has 0 unspecified atom stereocenters. The van der Waals surface area contributed by atoms with E-state index in [9.17, 15) is 36.2 Å². The maximum absolute atomic E-state index is 13.7. The molecule has 1 aliphatic heterocycles. The second-order valence-electron chi connectivity index (χ2n) is 8.60. The van der Waals surface area contributed by atoms with E-state index in [1.807, 2.05) is 0 Å². The van der Waals surface area contributed by atoms with Crippen LogP contribution in [0.4, 0.5) is 32.0 Å². The number of amides is 1. The summed E-state index contributed by atoms with van der Waals surface area (Å²) >= 11 is 0. The minimum absolute atomic E-state index is 0.0247. The van der Waals surface area contributed by atoms with Crippen LogP contribution in [0.1, 0.15) is 60.5 Å². The fraction of sp³-hybridized carbons (Fsp3) is 0.600. The first-order chi connectivity index (χ1) is 15.8. The predicted octanol–water partition coefficient (Wildman–Crippen LogP) is 3.91. The van der Waals surface area contributed by atoms with Gasteiger partial charge < -0.3 is 20.2 Å². The maximum atomic E-state index is 13.7. The zero-order valence-electron chi connectivity index (χ0n) is 17.7. The van der Waals surface area contributed by atoms with Crippen molar-refractivity contribution in [3.8, 4) is 11.6 Å². The van der Waals surface area contributed by atoms with Gasteiger partial charge in [0.05, 0.1) is 11.3 Å². The lowest BCUT2D eigenvalue weighted by atomic mass is 9.95. The monoisotopic (exact) mass is 493 g/mol. The third kappa shape index (κ3) is 4.55. The highest BCUT2D eigenvalue weighted by atomic mass is 19.4. The van der Waals surface area contributed by atoms with Gasteiger partial charge in [-0.25, -0.2) is 4.98 Å². The summed E-state index contributed by atoms with van der Waals surface area (Å²) in [5, 5.41) is 17.1. The number of alkyl halides is 6. The topological polar surface area (TPSA) is 118 Å². The Kier molecular flexibility index (Phi) is 5.98. The first-order valence-corrected chi connectivity index (χ1v) is 10.6. The largest absolute Gasteiger partial charge is 0.426 e. The number of carbonyl (C=O) groups excluding carboxylic acids is 1. The van der Waals surface area contributed by atoms with Crippen LogP contribution in [-0.2, 0) is 11.8 Å². The number of hydrogen-bond donors (Lipinski definition) is 2. The van der Waals surface area contributed by atoms with Crippen LogP contribution < -0.4 is 5.73 Å². The van der Waals surface area contributed by atoms with Gasteiger partial charge in [0.2, 0.25) is 5.60 Å². The highest BCUT2D eigenvalue weighted by Gasteiger charge is 2.58. The van der Waals surface area contributed by atoms with E-state index in [2.05, 4.69) is 15.2 Å². The number of nitrogens with two attached hydrogens (primary N) is 1. The zero-order valence-corrected chi connectivity index (χ0v) is 17.7. The molecule has 1 amide bonds. The summed E-state index contributed by atoms with van der Waals surface area (Å²) in [7, 11) is 0. The van der Waals surface area contributed by atoms with E-state index in [1.165, 1.54) is 4.90 Å². The molecule has 14 heteroatoms. The molecule has 4 rings (SSSR count). The van der Waals surface area contributed by atoms with Gasteiger partial charge in [-0.2, -0.15) is 26.3 Å². The van der Waals surface area contributed by atoms with Crippen molar-refractivity contribution >= 4 is 11.6 Å². The van der Waals surface area contributed by atoms with Gasteiger partial charge in [-0.15, -0.1) is 10.2 Å². The van der Waals surface area contributed by atoms with Gasteiger partial charge in [0, 0.05) is 13.1 Å². The number of rotatable bonds is 2. The molecule has 0 spiro atoms. The van der Waals surface area contributed by atoms with Gasteiger partial charge in [0.1, 0.15) is 5.69 Å². The highest BCUT2D eigenvalue weighted by Crippen LogP contribution is 2.44. The summed E-state index contributed by atoms with van der Waals surface area (Å²) < 4.78 is 87.4. The number of nitrogen functional groups attached to an aromatic ring is 1. The number of hydrogen-bond acceptors (Lipinski definition) is 7. The zero-order chi connectivity index (χ0) is 24.9. The standard InChI is InChI=1S/C20H21F6N5O3/c21-19(22,23)11-8-12(27)14-15-29-30-17(34-15)18(33,20(24,25)26)6-2-1-3-7-31(9-10-4-5-10)16(32)13(11)28-14/h8,10,33H,1-7,9,27H2/t18-/m1/s1. The summed E-state index contributed by atoms with van der Waals surface area (Å²) in [6.07, 6.45) is -9.01. The van der Waals surface area contributed by atoms with Gasteiger partial charge in [-0.1, -0.05) is 6.42 Å². The molecule has 186 valence electrons. The van der Waals surface area contributed by atoms with Gasteiger partial charge in [0.25, 0.3) is 17.7 Å². The van der Waals surface area contributed by atoms with Gasteiger partial charge in [-0.3, -0.25) is 4.79 Å². The van der Waals surface area contributed by atoms with E-state index in [4.69, 9.17) is 10.2 Å². The fourth-order valence-electron chi connectivity index (χ4n) is 3.83. The highest BCUT2D eigenvalue weighted by molar-refractivity contribution is 5.95. The van der Waals surface area contributed by atoms with Crippen LogP contribution in [0.15, 0.2) is 10.5 Å². The summed E-state index contributed by atoms with van der Waals surface area (Å²) in [6, 6.07) is 0.469. The minimum atomic E-state index is -5.16. The Balaban J connectivity index is 1.87. The van der Waals surface area contributed by atoms with Crippen molar-refractivity contribution in [3.05, 3.63) is 23.2 Å². The number of halogens is 6. The smallest absolute Gasteiger partial charge is 0.416 e. The van der Waals surface area contributed by atoms with E-state index < -0.39 is 64.7 Å². The molecule has 34 heavy (non-hydrogen) atoms. The van der Waals surface area contributed by atoms with E-state index >= 15 is 0 Å². The molecule has 2 aliphatic rings. The molecule has 1 aliphatic carbocycles. The lowest BCUT2D eigenvalue weighted by molar-refractivity contribution is -0.277. The van der Waals surface area contributed by atoms with E-state index in [1.54, 1.807) is 0 Å². The molecule has 1 saturated carbocycles. The number of pyridine rings is 1. The summed E-state index contributed by atoms with van der Waals surface area (Å²) in [5.74, 6) is -2.76. The van der Waals surface area contributed by atoms with E-state index in [0.717, 1.165) is 12.8 Å². The van der Waals surface area contributed by atoms with Crippen LogP contribution in [0.5, 0.6) is 0 Å². The van der Waals surface area contributed by atoms with Crippen LogP contribution in [-0.4, -0.2) is 50.4 Å². The first kappa shape index (κ1) is 24.2. The molecule has 0 aromatic carbocycles. The van der Waals surface area contributed by atoms with Crippen molar-refractivity contribution in [2.75, 3.05) is 18.8 Å². The number of aliphatic hydroxyl groups is 1. The summed E-state index contributed by atoms with van der Waals surface area (Å²) in [4.78, 5) is 18.2. The number of anilines is 1. The van der Waals surface area contributed by atoms with Crippen molar-refractivity contribution in [1.82, 2.24) is 20.1 Å². The Morgan fingerprint density at radius 2 is 1.82 bits per heavy atom. The summed E-state index contributed by atoms with van der Waals surface area (Å²) in [5.41, 5.74) is -1.31. The van der Waals surface area contributed by atoms with Crippen molar-refractivity contribution in [2.24, 2.45) is 5.92 Å².